The maximum atomic E-state index is 14.3. The summed E-state index contributed by atoms with van der Waals surface area (Å²) in [5, 5.41) is 0.581. The summed E-state index contributed by atoms with van der Waals surface area (Å²) in [7, 11) is -2.03. The molecule has 1 atom stereocenters. The summed E-state index contributed by atoms with van der Waals surface area (Å²) in [5.74, 6) is -0.284. The Morgan fingerprint density at radius 3 is 2.33 bits per heavy atom. The van der Waals surface area contributed by atoms with Crippen molar-refractivity contribution in [1.82, 2.24) is 19.5 Å². The first-order chi connectivity index (χ1) is 18.8. The van der Waals surface area contributed by atoms with Gasteiger partial charge in [-0.15, -0.1) is 0 Å². The predicted molar refractivity (Wildman–Crippen MR) is 152 cm³/mol. The molecule has 0 aliphatic carbocycles. The third-order valence-corrected chi connectivity index (χ3v) is 8.69. The largest absolute Gasteiger partial charge is 0.334 e. The van der Waals surface area contributed by atoms with Crippen molar-refractivity contribution in [2.75, 3.05) is 20.1 Å². The number of hydrogen-bond acceptors (Lipinski definition) is 5. The van der Waals surface area contributed by atoms with Crippen molar-refractivity contribution < 1.29 is 13.2 Å². The number of rotatable bonds is 8. The van der Waals surface area contributed by atoms with Gasteiger partial charge in [0.05, 0.1) is 4.90 Å². The fourth-order valence-electron chi connectivity index (χ4n) is 5.07. The molecule has 39 heavy (non-hydrogen) atoms. The van der Waals surface area contributed by atoms with Crippen LogP contribution >= 0.6 is 0 Å². The Bertz CT molecular complexity index is 1600. The lowest BCUT2D eigenvalue weighted by molar-refractivity contribution is -0.137. The highest BCUT2D eigenvalue weighted by atomic mass is 32.2. The van der Waals surface area contributed by atoms with Crippen molar-refractivity contribution in [2.45, 2.75) is 36.4 Å². The molecule has 0 radical (unpaired) electrons. The molecule has 1 aromatic heterocycles. The molecular formula is C30H32N4O4S. The van der Waals surface area contributed by atoms with E-state index >= 15 is 0 Å². The summed E-state index contributed by atoms with van der Waals surface area (Å²) >= 11 is 0. The van der Waals surface area contributed by atoms with Gasteiger partial charge >= 0.3 is 0 Å². The van der Waals surface area contributed by atoms with Gasteiger partial charge in [0.2, 0.25) is 21.5 Å². The second-order valence-corrected chi connectivity index (χ2v) is 11.7. The van der Waals surface area contributed by atoms with Crippen LogP contribution in [0.3, 0.4) is 0 Å². The van der Waals surface area contributed by atoms with E-state index in [-0.39, 0.29) is 22.4 Å². The number of pyridine rings is 1. The van der Waals surface area contributed by atoms with Crippen LogP contribution in [0.15, 0.2) is 101 Å². The normalized spacial score (nSPS) is 15.7. The van der Waals surface area contributed by atoms with Crippen LogP contribution in [0.1, 0.15) is 30.0 Å². The maximum Gasteiger partial charge on any atom is 0.248 e. The molecule has 0 saturated carbocycles. The van der Waals surface area contributed by atoms with Crippen molar-refractivity contribution >= 4 is 26.8 Å². The highest BCUT2D eigenvalue weighted by molar-refractivity contribution is 7.89. The van der Waals surface area contributed by atoms with Gasteiger partial charge in [0.15, 0.2) is 0 Å². The van der Waals surface area contributed by atoms with E-state index in [0.717, 1.165) is 31.5 Å². The lowest BCUT2D eigenvalue weighted by atomic mass is 9.99. The number of aromatic nitrogens is 1. The standard InChI is InChI=1S/C30H32N4O4S/c1-33-18-16-25(17-19-33)34(21-22-8-4-2-5-9-22)30(36)29(23-10-6-3-7-11-23)32-39(37,38)26-13-14-27-24(20-26)12-15-28(35)31-27/h2-15,20,25,29,32H,16-19,21H2,1H3,(H,31,35). The minimum Gasteiger partial charge on any atom is -0.334 e. The molecule has 0 bridgehead atoms. The van der Waals surface area contributed by atoms with Gasteiger partial charge in [0, 0.05) is 24.2 Å². The fraction of sp³-hybridized carbons (Fsp3) is 0.267. The zero-order chi connectivity index (χ0) is 27.4. The zero-order valence-corrected chi connectivity index (χ0v) is 22.6. The maximum absolute atomic E-state index is 14.3. The second kappa shape index (κ2) is 11.5. The van der Waals surface area contributed by atoms with Crippen molar-refractivity contribution in [3.63, 3.8) is 0 Å². The molecule has 1 aliphatic rings. The van der Waals surface area contributed by atoms with Crippen LogP contribution in [0.4, 0.5) is 0 Å². The van der Waals surface area contributed by atoms with Gasteiger partial charge in [-0.25, -0.2) is 8.42 Å². The minimum absolute atomic E-state index is 0.0119. The molecule has 8 nitrogen and oxygen atoms in total. The van der Waals surface area contributed by atoms with E-state index < -0.39 is 16.1 Å². The second-order valence-electron chi connectivity index (χ2n) is 10.0. The Kier molecular flexibility index (Phi) is 7.92. The fourth-order valence-corrected chi connectivity index (χ4v) is 6.28. The number of nitrogens with one attached hydrogen (secondary N) is 2. The van der Waals surface area contributed by atoms with Crippen LogP contribution in [-0.2, 0) is 21.4 Å². The number of benzene rings is 3. The van der Waals surface area contributed by atoms with Crippen LogP contribution in [0.2, 0.25) is 0 Å². The number of H-pyrrole nitrogens is 1. The Hall–Kier alpha value is -3.79. The van der Waals surface area contributed by atoms with Crippen LogP contribution in [0, 0.1) is 0 Å². The van der Waals surface area contributed by atoms with Crippen LogP contribution < -0.4 is 10.3 Å². The molecule has 1 aliphatic heterocycles. The van der Waals surface area contributed by atoms with Gasteiger partial charge in [-0.05, 0) is 73.8 Å². The van der Waals surface area contributed by atoms with Crippen LogP contribution in [0.25, 0.3) is 10.9 Å². The summed E-state index contributed by atoms with van der Waals surface area (Å²) in [6.45, 7) is 2.12. The molecule has 9 heteroatoms. The number of carbonyl (C=O) groups is 1. The summed E-state index contributed by atoms with van der Waals surface area (Å²) in [5.41, 5.74) is 1.83. The number of likely N-dealkylation sites (tertiary alicyclic amines) is 1. The summed E-state index contributed by atoms with van der Waals surface area (Å²) in [4.78, 5) is 32.8. The van der Waals surface area contributed by atoms with Crippen molar-refractivity contribution in [1.29, 1.82) is 0 Å². The Labute approximate surface area is 228 Å². The van der Waals surface area contributed by atoms with Gasteiger partial charge in [-0.2, -0.15) is 4.72 Å². The van der Waals surface area contributed by atoms with E-state index in [1.165, 1.54) is 18.2 Å². The monoisotopic (exact) mass is 544 g/mol. The Morgan fingerprint density at radius 2 is 1.64 bits per heavy atom. The molecule has 2 N–H and O–H groups in total. The molecule has 0 spiro atoms. The van der Waals surface area contributed by atoms with Gasteiger partial charge < -0.3 is 14.8 Å². The molecule has 1 saturated heterocycles. The third-order valence-electron chi connectivity index (χ3n) is 7.27. The minimum atomic E-state index is -4.10. The number of sulfonamides is 1. The molecule has 4 aromatic rings. The first-order valence-corrected chi connectivity index (χ1v) is 14.5. The molecule has 1 amide bonds. The predicted octanol–water partition coefficient (Wildman–Crippen LogP) is 3.67. The Morgan fingerprint density at radius 1 is 0.974 bits per heavy atom. The van der Waals surface area contributed by atoms with Crippen LogP contribution in [0.5, 0.6) is 0 Å². The third kappa shape index (κ3) is 6.27. The first kappa shape index (κ1) is 26.8. The van der Waals surface area contributed by atoms with Gasteiger partial charge in [-0.3, -0.25) is 9.59 Å². The average Bonchev–Trinajstić information content (AvgIpc) is 2.95. The van der Waals surface area contributed by atoms with Gasteiger partial charge in [-0.1, -0.05) is 60.7 Å². The van der Waals surface area contributed by atoms with Crippen molar-refractivity contribution in [2.24, 2.45) is 0 Å². The number of nitrogens with zero attached hydrogens (tertiary/aromatic N) is 2. The highest BCUT2D eigenvalue weighted by Gasteiger charge is 2.35. The van der Waals surface area contributed by atoms with Crippen LogP contribution in [-0.4, -0.2) is 55.3 Å². The quantitative estimate of drug-likeness (QED) is 0.352. The van der Waals surface area contributed by atoms with E-state index in [9.17, 15) is 18.0 Å². The molecule has 5 rings (SSSR count). The number of aromatic amines is 1. The highest BCUT2D eigenvalue weighted by Crippen LogP contribution is 2.26. The summed E-state index contributed by atoms with van der Waals surface area (Å²) in [6.07, 6.45) is 1.62. The molecule has 202 valence electrons. The molecule has 1 fully saturated rings. The Balaban J connectivity index is 1.51. The summed E-state index contributed by atoms with van der Waals surface area (Å²) in [6, 6.07) is 25.1. The number of amides is 1. The molecule has 2 heterocycles. The molecule has 1 unspecified atom stereocenters. The average molecular weight is 545 g/mol. The first-order valence-electron chi connectivity index (χ1n) is 13.0. The lowest BCUT2D eigenvalue weighted by Gasteiger charge is -2.39. The van der Waals surface area contributed by atoms with E-state index in [1.54, 1.807) is 36.4 Å². The molecular weight excluding hydrogens is 512 g/mol. The summed E-state index contributed by atoms with van der Waals surface area (Å²) < 4.78 is 30.1. The van der Waals surface area contributed by atoms with Crippen molar-refractivity contribution in [3.8, 4) is 0 Å². The number of carbonyl (C=O) groups excluding carboxylic acids is 1. The molecule has 3 aromatic carbocycles. The SMILES string of the molecule is CN1CCC(N(Cc2ccccc2)C(=O)C(NS(=O)(=O)c2ccc3[nH]c(=O)ccc3c2)c2ccccc2)CC1. The van der Waals surface area contributed by atoms with E-state index in [1.807, 2.05) is 41.3 Å². The van der Waals surface area contributed by atoms with E-state index in [2.05, 4.69) is 21.7 Å². The van der Waals surface area contributed by atoms with E-state index in [0.29, 0.717) is 23.0 Å². The van der Waals surface area contributed by atoms with E-state index in [4.69, 9.17) is 0 Å². The number of hydrogen-bond donors (Lipinski definition) is 2. The number of fused-ring (bicyclic) bond motifs is 1. The zero-order valence-electron chi connectivity index (χ0n) is 21.8. The van der Waals surface area contributed by atoms with Gasteiger partial charge in [0.25, 0.3) is 0 Å². The number of piperidine rings is 1. The topological polar surface area (TPSA) is 103 Å². The lowest BCUT2D eigenvalue weighted by Crippen LogP contribution is -2.50. The smallest absolute Gasteiger partial charge is 0.248 e. The van der Waals surface area contributed by atoms with Gasteiger partial charge in [0.1, 0.15) is 6.04 Å². The van der Waals surface area contributed by atoms with Crippen molar-refractivity contribution in [3.05, 3.63) is 112 Å².